The minimum Gasteiger partial charge on any atom is -0.404 e. The van der Waals surface area contributed by atoms with Crippen LogP contribution >= 0.6 is 11.6 Å². The van der Waals surface area contributed by atoms with Crippen LogP contribution in [0.1, 0.15) is 18.4 Å². The van der Waals surface area contributed by atoms with Gasteiger partial charge in [0.2, 0.25) is 5.91 Å². The molecule has 1 aliphatic rings. The van der Waals surface area contributed by atoms with E-state index in [1.54, 1.807) is 24.2 Å². The van der Waals surface area contributed by atoms with Crippen LogP contribution in [-0.4, -0.2) is 53.2 Å². The van der Waals surface area contributed by atoms with E-state index in [9.17, 15) is 9.18 Å². The summed E-state index contributed by atoms with van der Waals surface area (Å²) in [6, 6.07) is 8.43. The Morgan fingerprint density at radius 1 is 1.28 bits per heavy atom. The first-order valence-corrected chi connectivity index (χ1v) is 11.8. The number of nitrogens with zero attached hydrogens (tertiary/aromatic N) is 4. The molecule has 1 aromatic heterocycles. The van der Waals surface area contributed by atoms with E-state index in [0.29, 0.717) is 30.1 Å². The number of rotatable bonds is 7. The minimum atomic E-state index is -0.495. The summed E-state index contributed by atoms with van der Waals surface area (Å²) in [5.74, 6) is -0.00218. The third-order valence-corrected chi connectivity index (χ3v) is 6.35. The molecule has 2 aromatic carbocycles. The second-order valence-corrected chi connectivity index (χ2v) is 8.76. The van der Waals surface area contributed by atoms with Crippen LogP contribution in [0, 0.1) is 5.82 Å². The van der Waals surface area contributed by atoms with E-state index in [1.807, 2.05) is 12.1 Å². The first-order valence-electron chi connectivity index (χ1n) is 11.5. The van der Waals surface area contributed by atoms with Crippen molar-refractivity contribution in [2.24, 2.45) is 10.7 Å². The number of carbonyl (C=O) groups is 1. The van der Waals surface area contributed by atoms with Crippen LogP contribution in [0.2, 0.25) is 5.02 Å². The Morgan fingerprint density at radius 2 is 2.06 bits per heavy atom. The van der Waals surface area contributed by atoms with Gasteiger partial charge in [-0.15, -0.1) is 0 Å². The van der Waals surface area contributed by atoms with Gasteiger partial charge in [0.05, 0.1) is 10.5 Å². The monoisotopic (exact) mass is 507 g/mol. The Morgan fingerprint density at radius 3 is 2.72 bits per heavy atom. The molecule has 0 spiro atoms. The lowest BCUT2D eigenvalue weighted by atomic mass is 9.99. The van der Waals surface area contributed by atoms with Crippen LogP contribution in [0.25, 0.3) is 16.5 Å². The molecule has 1 fully saturated rings. The summed E-state index contributed by atoms with van der Waals surface area (Å²) in [6.45, 7) is 4.86. The van der Waals surface area contributed by atoms with Crippen LogP contribution in [0.3, 0.4) is 0 Å². The topological polar surface area (TPSA) is 109 Å². The molecule has 3 aromatic rings. The highest BCUT2D eigenvalue weighted by atomic mass is 35.5. The predicted molar refractivity (Wildman–Crippen MR) is 144 cm³/mol. The highest BCUT2D eigenvalue weighted by Crippen LogP contribution is 2.33. The zero-order valence-electron chi connectivity index (χ0n) is 19.8. The van der Waals surface area contributed by atoms with Crippen molar-refractivity contribution in [3.8, 4) is 0 Å². The van der Waals surface area contributed by atoms with E-state index >= 15 is 0 Å². The molecule has 0 saturated carbocycles. The molecule has 0 unspecified atom stereocenters. The third-order valence-electron chi connectivity index (χ3n) is 6.06. The number of aromatic nitrogens is 2. The summed E-state index contributed by atoms with van der Waals surface area (Å²) >= 11 is 5.95. The number of aliphatic imine (C=N–C) groups is 1. The number of hydrogen-bond donors (Lipinski definition) is 3. The Labute approximate surface area is 213 Å². The standard InChI is InChI=1S/C26H27ClFN7O/c1-3-25(36)35-8-6-17(7-9-35)33-24-12-20-23(11-19(24)16(13-29)14-30-2)31-15-32-26(20)34-18-4-5-22(28)21(27)10-18/h3-5,10-15,17,33H,1,6-9,29H2,2H3,(H,31,32,34). The molecule has 0 radical (unpaired) electrons. The van der Waals surface area contributed by atoms with Gasteiger partial charge < -0.3 is 21.3 Å². The molecule has 186 valence electrons. The molecule has 1 saturated heterocycles. The van der Waals surface area contributed by atoms with E-state index in [2.05, 4.69) is 32.2 Å². The molecule has 10 heteroatoms. The summed E-state index contributed by atoms with van der Waals surface area (Å²) in [4.78, 5) is 26.7. The fraction of sp³-hybridized carbons (Fsp3) is 0.231. The Hall–Kier alpha value is -3.98. The van der Waals surface area contributed by atoms with Crippen molar-refractivity contribution in [2.75, 3.05) is 30.8 Å². The van der Waals surface area contributed by atoms with E-state index in [-0.39, 0.29) is 17.0 Å². The quantitative estimate of drug-likeness (QED) is 0.314. The van der Waals surface area contributed by atoms with Gasteiger partial charge in [-0.25, -0.2) is 14.4 Å². The number of allylic oxidation sites excluding steroid dienone is 1. The van der Waals surface area contributed by atoms with Crippen LogP contribution in [0.4, 0.5) is 21.6 Å². The normalized spacial score (nSPS) is 14.9. The van der Waals surface area contributed by atoms with E-state index in [4.69, 9.17) is 17.3 Å². The minimum absolute atomic E-state index is 0.0147. The number of piperidine rings is 1. The molecule has 0 atom stereocenters. The molecule has 1 amide bonds. The van der Waals surface area contributed by atoms with Crippen LogP contribution < -0.4 is 16.4 Å². The largest absolute Gasteiger partial charge is 0.404 e. The maximum Gasteiger partial charge on any atom is 0.245 e. The van der Waals surface area contributed by atoms with Crippen molar-refractivity contribution in [3.05, 3.63) is 71.9 Å². The number of carbonyl (C=O) groups excluding carboxylic acids is 1. The number of likely N-dealkylation sites (tertiary alicyclic amines) is 1. The number of hydrogen-bond acceptors (Lipinski definition) is 7. The molecular weight excluding hydrogens is 481 g/mol. The van der Waals surface area contributed by atoms with Crippen molar-refractivity contribution in [3.63, 3.8) is 0 Å². The van der Waals surface area contributed by atoms with E-state index in [1.165, 1.54) is 30.7 Å². The van der Waals surface area contributed by atoms with Gasteiger partial charge in [-0.1, -0.05) is 18.2 Å². The van der Waals surface area contributed by atoms with Crippen LogP contribution in [-0.2, 0) is 4.79 Å². The van der Waals surface area contributed by atoms with Crippen molar-refractivity contribution in [1.82, 2.24) is 14.9 Å². The molecular formula is C26H27ClFN7O. The lowest BCUT2D eigenvalue weighted by Crippen LogP contribution is -2.41. The van der Waals surface area contributed by atoms with Gasteiger partial charge >= 0.3 is 0 Å². The average Bonchev–Trinajstić information content (AvgIpc) is 2.89. The molecule has 1 aliphatic heterocycles. The molecule has 4 rings (SSSR count). The zero-order chi connectivity index (χ0) is 25.7. The predicted octanol–water partition coefficient (Wildman–Crippen LogP) is 4.76. The average molecular weight is 508 g/mol. The van der Waals surface area contributed by atoms with E-state index < -0.39 is 5.82 Å². The second-order valence-electron chi connectivity index (χ2n) is 8.35. The van der Waals surface area contributed by atoms with Gasteiger partial charge in [0.15, 0.2) is 0 Å². The summed E-state index contributed by atoms with van der Waals surface area (Å²) in [6.07, 6.45) is 7.57. The molecule has 0 aliphatic carbocycles. The van der Waals surface area contributed by atoms with Gasteiger partial charge in [-0.05, 0) is 49.2 Å². The number of benzene rings is 2. The van der Waals surface area contributed by atoms with Gasteiger partial charge in [-0.3, -0.25) is 9.79 Å². The van der Waals surface area contributed by atoms with Gasteiger partial charge in [0, 0.05) is 66.5 Å². The zero-order valence-corrected chi connectivity index (χ0v) is 20.6. The van der Waals surface area contributed by atoms with Crippen LogP contribution in [0.15, 0.2) is 60.5 Å². The van der Waals surface area contributed by atoms with Gasteiger partial charge in [0.1, 0.15) is 18.0 Å². The van der Waals surface area contributed by atoms with Gasteiger partial charge in [-0.2, -0.15) is 0 Å². The maximum atomic E-state index is 13.6. The first-order chi connectivity index (χ1) is 17.4. The van der Waals surface area contributed by atoms with Crippen molar-refractivity contribution < 1.29 is 9.18 Å². The third kappa shape index (κ3) is 5.46. The fourth-order valence-electron chi connectivity index (χ4n) is 4.21. The molecule has 36 heavy (non-hydrogen) atoms. The summed E-state index contributed by atoms with van der Waals surface area (Å²) in [5, 5.41) is 7.61. The Kier molecular flexibility index (Phi) is 7.80. The number of nitrogens with one attached hydrogen (secondary N) is 2. The lowest BCUT2D eigenvalue weighted by Gasteiger charge is -2.33. The SMILES string of the molecule is C=CC(=O)N1CCC(Nc2cc3c(Nc4ccc(F)c(Cl)c4)ncnc3cc2C(C=NC)=CN)CC1. The Bertz CT molecular complexity index is 1350. The molecule has 8 nitrogen and oxygen atoms in total. The molecule has 4 N–H and O–H groups in total. The summed E-state index contributed by atoms with van der Waals surface area (Å²) < 4.78 is 13.6. The van der Waals surface area contributed by atoms with Crippen molar-refractivity contribution >= 4 is 57.4 Å². The lowest BCUT2D eigenvalue weighted by molar-refractivity contribution is -0.126. The number of nitrogens with two attached hydrogens (primary N) is 1. The fourth-order valence-corrected chi connectivity index (χ4v) is 4.39. The van der Waals surface area contributed by atoms with Crippen molar-refractivity contribution in [1.29, 1.82) is 0 Å². The van der Waals surface area contributed by atoms with Crippen LogP contribution in [0.5, 0.6) is 0 Å². The Balaban J connectivity index is 1.71. The second kappa shape index (κ2) is 11.2. The summed E-state index contributed by atoms with van der Waals surface area (Å²) in [7, 11) is 1.68. The smallest absolute Gasteiger partial charge is 0.245 e. The number of fused-ring (bicyclic) bond motifs is 1. The molecule has 0 bridgehead atoms. The number of halogens is 2. The van der Waals surface area contributed by atoms with Gasteiger partial charge in [0.25, 0.3) is 0 Å². The maximum absolute atomic E-state index is 13.6. The first kappa shape index (κ1) is 25.1. The molecule has 2 heterocycles. The number of anilines is 3. The number of amides is 1. The highest BCUT2D eigenvalue weighted by Gasteiger charge is 2.23. The summed E-state index contributed by atoms with van der Waals surface area (Å²) in [5.41, 5.74) is 9.64. The van der Waals surface area contributed by atoms with E-state index in [0.717, 1.165) is 35.1 Å². The highest BCUT2D eigenvalue weighted by molar-refractivity contribution is 6.31. The van der Waals surface area contributed by atoms with Crippen molar-refractivity contribution in [2.45, 2.75) is 18.9 Å².